The second kappa shape index (κ2) is 7.75. The Bertz CT molecular complexity index is 865. The van der Waals surface area contributed by atoms with Crippen molar-refractivity contribution in [1.29, 1.82) is 0 Å². The van der Waals surface area contributed by atoms with Gasteiger partial charge in [-0.15, -0.1) is 0 Å². The molecule has 0 saturated heterocycles. The molecule has 0 saturated carbocycles. The van der Waals surface area contributed by atoms with Crippen LogP contribution in [0.25, 0.3) is 10.9 Å². The standard InChI is InChI=1S/C20H22N2O3/c1-4-24-19-9-6-14(12-20(19)25-5-2)22-17-10-11-21-18-13-15(23-3)7-8-16(17)18/h6-13H,4-5H2,1-3H3,(H,21,22). The van der Waals surface area contributed by atoms with E-state index >= 15 is 0 Å². The molecule has 3 aromatic rings. The molecule has 0 amide bonds. The predicted molar refractivity (Wildman–Crippen MR) is 100 cm³/mol. The maximum Gasteiger partial charge on any atom is 0.163 e. The number of nitrogens with zero attached hydrogens (tertiary/aromatic N) is 1. The topological polar surface area (TPSA) is 52.6 Å². The van der Waals surface area contributed by atoms with Gasteiger partial charge < -0.3 is 19.5 Å². The molecule has 1 N–H and O–H groups in total. The highest BCUT2D eigenvalue weighted by Crippen LogP contribution is 2.33. The van der Waals surface area contributed by atoms with E-state index in [4.69, 9.17) is 14.2 Å². The summed E-state index contributed by atoms with van der Waals surface area (Å²) in [5.41, 5.74) is 2.77. The molecule has 130 valence electrons. The molecular formula is C20H22N2O3. The molecule has 1 heterocycles. The molecule has 0 radical (unpaired) electrons. The van der Waals surface area contributed by atoms with Gasteiger partial charge in [-0.3, -0.25) is 4.98 Å². The lowest BCUT2D eigenvalue weighted by Gasteiger charge is -2.14. The molecule has 0 bridgehead atoms. The van der Waals surface area contributed by atoms with Crippen molar-refractivity contribution in [2.24, 2.45) is 0 Å². The van der Waals surface area contributed by atoms with Crippen LogP contribution in [0, 0.1) is 0 Å². The van der Waals surface area contributed by atoms with Crippen LogP contribution in [0.5, 0.6) is 17.2 Å². The van der Waals surface area contributed by atoms with Gasteiger partial charge in [-0.25, -0.2) is 0 Å². The zero-order chi connectivity index (χ0) is 17.6. The van der Waals surface area contributed by atoms with Crippen molar-refractivity contribution >= 4 is 22.3 Å². The Morgan fingerprint density at radius 3 is 2.48 bits per heavy atom. The zero-order valence-corrected chi connectivity index (χ0v) is 14.7. The van der Waals surface area contributed by atoms with Gasteiger partial charge >= 0.3 is 0 Å². The number of rotatable bonds is 7. The number of benzene rings is 2. The summed E-state index contributed by atoms with van der Waals surface area (Å²) in [4.78, 5) is 4.41. The van der Waals surface area contributed by atoms with Crippen molar-refractivity contribution in [1.82, 2.24) is 4.98 Å². The number of ether oxygens (including phenoxy) is 3. The Labute approximate surface area is 147 Å². The van der Waals surface area contributed by atoms with E-state index in [0.717, 1.165) is 39.5 Å². The molecule has 0 spiro atoms. The second-order valence-corrected chi connectivity index (χ2v) is 5.39. The monoisotopic (exact) mass is 338 g/mol. The molecule has 0 unspecified atom stereocenters. The first-order valence-corrected chi connectivity index (χ1v) is 8.34. The van der Waals surface area contributed by atoms with Crippen LogP contribution < -0.4 is 19.5 Å². The Morgan fingerprint density at radius 2 is 1.72 bits per heavy atom. The molecule has 0 fully saturated rings. The molecular weight excluding hydrogens is 316 g/mol. The summed E-state index contributed by atoms with van der Waals surface area (Å²) in [6, 6.07) is 13.6. The van der Waals surface area contributed by atoms with E-state index in [1.54, 1.807) is 13.3 Å². The van der Waals surface area contributed by atoms with Crippen LogP contribution >= 0.6 is 0 Å². The van der Waals surface area contributed by atoms with Gasteiger partial charge in [-0.1, -0.05) is 0 Å². The summed E-state index contributed by atoms with van der Waals surface area (Å²) < 4.78 is 16.6. The first kappa shape index (κ1) is 16.9. The summed E-state index contributed by atoms with van der Waals surface area (Å²) >= 11 is 0. The number of pyridine rings is 1. The van der Waals surface area contributed by atoms with Gasteiger partial charge in [0.2, 0.25) is 0 Å². The molecule has 5 heteroatoms. The molecule has 0 aliphatic heterocycles. The van der Waals surface area contributed by atoms with Crippen molar-refractivity contribution < 1.29 is 14.2 Å². The first-order valence-electron chi connectivity index (χ1n) is 8.34. The summed E-state index contributed by atoms with van der Waals surface area (Å²) in [5.74, 6) is 2.27. The van der Waals surface area contributed by atoms with Gasteiger partial charge in [0.15, 0.2) is 11.5 Å². The average Bonchev–Trinajstić information content (AvgIpc) is 2.64. The number of hydrogen-bond acceptors (Lipinski definition) is 5. The number of hydrogen-bond donors (Lipinski definition) is 1. The predicted octanol–water partition coefficient (Wildman–Crippen LogP) is 4.78. The van der Waals surface area contributed by atoms with E-state index in [9.17, 15) is 0 Å². The third-order valence-electron chi connectivity index (χ3n) is 3.77. The van der Waals surface area contributed by atoms with Gasteiger partial charge in [0.1, 0.15) is 5.75 Å². The van der Waals surface area contributed by atoms with Crippen molar-refractivity contribution in [2.45, 2.75) is 13.8 Å². The minimum absolute atomic E-state index is 0.585. The van der Waals surface area contributed by atoms with Crippen LogP contribution in [0.2, 0.25) is 0 Å². The van der Waals surface area contributed by atoms with E-state index in [0.29, 0.717) is 13.2 Å². The molecule has 2 aromatic carbocycles. The highest BCUT2D eigenvalue weighted by molar-refractivity contribution is 5.93. The third-order valence-corrected chi connectivity index (χ3v) is 3.77. The third kappa shape index (κ3) is 3.76. The van der Waals surface area contributed by atoms with Crippen molar-refractivity contribution in [3.8, 4) is 17.2 Å². The van der Waals surface area contributed by atoms with Gasteiger partial charge in [0.05, 0.1) is 25.8 Å². The van der Waals surface area contributed by atoms with Crippen LogP contribution in [0.4, 0.5) is 11.4 Å². The molecule has 0 atom stereocenters. The van der Waals surface area contributed by atoms with E-state index in [1.807, 2.05) is 56.3 Å². The summed E-state index contributed by atoms with van der Waals surface area (Å²) in [6.07, 6.45) is 1.78. The molecule has 5 nitrogen and oxygen atoms in total. The van der Waals surface area contributed by atoms with Crippen LogP contribution in [0.3, 0.4) is 0 Å². The van der Waals surface area contributed by atoms with Crippen molar-refractivity contribution in [3.05, 3.63) is 48.7 Å². The highest BCUT2D eigenvalue weighted by Gasteiger charge is 2.08. The Morgan fingerprint density at radius 1 is 0.920 bits per heavy atom. The van der Waals surface area contributed by atoms with E-state index in [2.05, 4.69) is 10.3 Å². The Balaban J connectivity index is 1.94. The minimum atomic E-state index is 0.585. The normalized spacial score (nSPS) is 10.5. The number of aromatic nitrogens is 1. The summed E-state index contributed by atoms with van der Waals surface area (Å²) in [7, 11) is 1.65. The highest BCUT2D eigenvalue weighted by atomic mass is 16.5. The Hall–Kier alpha value is -2.95. The molecule has 0 aliphatic rings. The molecule has 25 heavy (non-hydrogen) atoms. The number of fused-ring (bicyclic) bond motifs is 1. The lowest BCUT2D eigenvalue weighted by atomic mass is 10.1. The van der Waals surface area contributed by atoms with E-state index < -0.39 is 0 Å². The number of nitrogens with one attached hydrogen (secondary N) is 1. The van der Waals surface area contributed by atoms with Gasteiger partial charge in [-0.2, -0.15) is 0 Å². The number of methoxy groups -OCH3 is 1. The zero-order valence-electron chi connectivity index (χ0n) is 14.7. The molecule has 1 aromatic heterocycles. The quantitative estimate of drug-likeness (QED) is 0.671. The van der Waals surface area contributed by atoms with Gasteiger partial charge in [0, 0.05) is 35.1 Å². The van der Waals surface area contributed by atoms with Gasteiger partial charge in [0.25, 0.3) is 0 Å². The smallest absolute Gasteiger partial charge is 0.163 e. The lowest BCUT2D eigenvalue weighted by molar-refractivity contribution is 0.288. The first-order chi connectivity index (χ1) is 12.2. The maximum atomic E-state index is 5.69. The number of anilines is 2. The fraction of sp³-hybridized carbons (Fsp3) is 0.250. The Kier molecular flexibility index (Phi) is 5.23. The SMILES string of the molecule is CCOc1ccc(Nc2ccnc3cc(OC)ccc23)cc1OCC. The van der Waals surface area contributed by atoms with Crippen LogP contribution in [0.15, 0.2) is 48.7 Å². The van der Waals surface area contributed by atoms with Gasteiger partial charge in [-0.05, 0) is 44.2 Å². The van der Waals surface area contributed by atoms with E-state index in [-0.39, 0.29) is 0 Å². The fourth-order valence-corrected chi connectivity index (χ4v) is 2.65. The molecule has 3 rings (SSSR count). The van der Waals surface area contributed by atoms with Crippen LogP contribution in [-0.4, -0.2) is 25.3 Å². The van der Waals surface area contributed by atoms with Crippen LogP contribution in [-0.2, 0) is 0 Å². The molecule has 0 aliphatic carbocycles. The summed E-state index contributed by atoms with van der Waals surface area (Å²) in [5, 5.41) is 4.46. The van der Waals surface area contributed by atoms with E-state index in [1.165, 1.54) is 0 Å². The average molecular weight is 338 g/mol. The minimum Gasteiger partial charge on any atom is -0.497 e. The largest absolute Gasteiger partial charge is 0.497 e. The van der Waals surface area contributed by atoms with Crippen molar-refractivity contribution in [2.75, 3.05) is 25.6 Å². The van der Waals surface area contributed by atoms with Crippen LogP contribution in [0.1, 0.15) is 13.8 Å². The second-order valence-electron chi connectivity index (χ2n) is 5.39. The maximum absolute atomic E-state index is 5.69. The lowest BCUT2D eigenvalue weighted by Crippen LogP contribution is -2.00. The summed E-state index contributed by atoms with van der Waals surface area (Å²) in [6.45, 7) is 5.10. The fourth-order valence-electron chi connectivity index (χ4n) is 2.65. The van der Waals surface area contributed by atoms with Crippen molar-refractivity contribution in [3.63, 3.8) is 0 Å².